The third-order valence-corrected chi connectivity index (χ3v) is 3.34. The zero-order chi connectivity index (χ0) is 13.3. The highest BCUT2D eigenvalue weighted by Gasteiger charge is 2.30. The van der Waals surface area contributed by atoms with Crippen LogP contribution in [0.4, 0.5) is 10.1 Å². The van der Waals surface area contributed by atoms with Crippen molar-refractivity contribution < 1.29 is 14.3 Å². The predicted molar refractivity (Wildman–Crippen MR) is 66.6 cm³/mol. The van der Waals surface area contributed by atoms with E-state index in [0.29, 0.717) is 24.2 Å². The van der Waals surface area contributed by atoms with Crippen LogP contribution in [0.1, 0.15) is 31.4 Å². The maximum absolute atomic E-state index is 14.0. The lowest BCUT2D eigenvalue weighted by molar-refractivity contribution is -0.119. The summed E-state index contributed by atoms with van der Waals surface area (Å²) in [5.74, 6) is -0.854. The van der Waals surface area contributed by atoms with E-state index in [2.05, 4.69) is 0 Å². The number of carbonyl (C=O) groups is 1. The van der Waals surface area contributed by atoms with Crippen molar-refractivity contribution in [3.05, 3.63) is 29.6 Å². The molecule has 4 nitrogen and oxygen atoms in total. The summed E-state index contributed by atoms with van der Waals surface area (Å²) < 4.78 is 14.0. The van der Waals surface area contributed by atoms with Crippen LogP contribution >= 0.6 is 0 Å². The molecular weight excluding hydrogens is 235 g/mol. The molecule has 0 radical (unpaired) electrons. The lowest BCUT2D eigenvalue weighted by Gasteiger charge is -2.25. The van der Waals surface area contributed by atoms with Gasteiger partial charge in [-0.05, 0) is 37.5 Å². The normalized spacial score (nSPS) is 21.1. The molecule has 1 aliphatic rings. The van der Waals surface area contributed by atoms with Gasteiger partial charge < -0.3 is 15.7 Å². The van der Waals surface area contributed by atoms with Crippen LogP contribution in [0.2, 0.25) is 0 Å². The molecule has 0 aromatic heterocycles. The molecule has 5 heteroatoms. The second kappa shape index (κ2) is 4.94. The minimum atomic E-state index is -0.709. The van der Waals surface area contributed by atoms with Gasteiger partial charge in [0.25, 0.3) is 0 Å². The van der Waals surface area contributed by atoms with E-state index in [-0.39, 0.29) is 0 Å². The van der Waals surface area contributed by atoms with Gasteiger partial charge in [0.05, 0.1) is 11.8 Å². The fourth-order valence-corrected chi connectivity index (χ4v) is 2.37. The Labute approximate surface area is 105 Å². The SMILES string of the molecule is C[C@@H](O)c1ccc(N2CCCC2C(N)=O)c(F)c1. The lowest BCUT2D eigenvalue weighted by Crippen LogP contribution is -2.40. The van der Waals surface area contributed by atoms with Crippen LogP contribution in [0.5, 0.6) is 0 Å². The van der Waals surface area contributed by atoms with Crippen LogP contribution in [-0.2, 0) is 4.79 Å². The molecule has 1 aromatic rings. The molecule has 1 unspecified atom stereocenters. The van der Waals surface area contributed by atoms with Crippen LogP contribution in [0.25, 0.3) is 0 Å². The van der Waals surface area contributed by atoms with E-state index in [1.807, 2.05) is 0 Å². The molecule has 1 aromatic carbocycles. The van der Waals surface area contributed by atoms with Crippen molar-refractivity contribution in [3.63, 3.8) is 0 Å². The number of aliphatic hydroxyl groups excluding tert-OH is 1. The predicted octanol–water partition coefficient (Wildman–Crippen LogP) is 1.33. The number of rotatable bonds is 3. The van der Waals surface area contributed by atoms with Crippen molar-refractivity contribution in [3.8, 4) is 0 Å². The fraction of sp³-hybridized carbons (Fsp3) is 0.462. The molecule has 1 amide bonds. The number of primary amides is 1. The fourth-order valence-electron chi connectivity index (χ4n) is 2.37. The van der Waals surface area contributed by atoms with Crippen LogP contribution in [0, 0.1) is 5.82 Å². The molecule has 1 saturated heterocycles. The first kappa shape index (κ1) is 12.8. The summed E-state index contributed by atoms with van der Waals surface area (Å²) in [4.78, 5) is 13.0. The van der Waals surface area contributed by atoms with E-state index < -0.39 is 23.9 Å². The van der Waals surface area contributed by atoms with Crippen molar-refractivity contribution in [2.75, 3.05) is 11.4 Å². The maximum atomic E-state index is 14.0. The van der Waals surface area contributed by atoms with E-state index >= 15 is 0 Å². The van der Waals surface area contributed by atoms with Gasteiger partial charge in [0, 0.05) is 6.54 Å². The third-order valence-electron chi connectivity index (χ3n) is 3.34. The summed E-state index contributed by atoms with van der Waals surface area (Å²) in [6.07, 6.45) is 0.775. The van der Waals surface area contributed by atoms with Crippen LogP contribution in [0.3, 0.4) is 0 Å². The Kier molecular flexibility index (Phi) is 3.52. The van der Waals surface area contributed by atoms with Crippen molar-refractivity contribution in [2.24, 2.45) is 5.73 Å². The Morgan fingerprint density at radius 1 is 1.61 bits per heavy atom. The van der Waals surface area contributed by atoms with Gasteiger partial charge >= 0.3 is 0 Å². The molecule has 98 valence electrons. The standard InChI is InChI=1S/C13H17FN2O2/c1-8(17)9-4-5-11(10(14)7-9)16-6-2-3-12(16)13(15)18/h4-5,7-8,12,17H,2-3,6H2,1H3,(H2,15,18)/t8-,12?/m1/s1. The van der Waals surface area contributed by atoms with E-state index in [9.17, 15) is 14.3 Å². The number of halogens is 1. The highest BCUT2D eigenvalue weighted by molar-refractivity contribution is 5.84. The Morgan fingerprint density at radius 3 is 2.89 bits per heavy atom. The van der Waals surface area contributed by atoms with E-state index in [1.165, 1.54) is 6.07 Å². The van der Waals surface area contributed by atoms with E-state index in [4.69, 9.17) is 5.73 Å². The number of amides is 1. The maximum Gasteiger partial charge on any atom is 0.240 e. The molecule has 0 spiro atoms. The van der Waals surface area contributed by atoms with Crippen LogP contribution < -0.4 is 10.6 Å². The number of anilines is 1. The molecule has 18 heavy (non-hydrogen) atoms. The quantitative estimate of drug-likeness (QED) is 0.853. The molecule has 3 N–H and O–H groups in total. The molecule has 0 bridgehead atoms. The lowest BCUT2D eigenvalue weighted by atomic mass is 10.1. The first-order valence-corrected chi connectivity index (χ1v) is 6.04. The average Bonchev–Trinajstić information content (AvgIpc) is 2.77. The summed E-state index contributed by atoms with van der Waals surface area (Å²) in [7, 11) is 0. The highest BCUT2D eigenvalue weighted by atomic mass is 19.1. The van der Waals surface area contributed by atoms with Crippen molar-refractivity contribution in [2.45, 2.75) is 31.9 Å². The number of hydrogen-bond donors (Lipinski definition) is 2. The van der Waals surface area contributed by atoms with Gasteiger partial charge in [-0.1, -0.05) is 6.07 Å². The minimum Gasteiger partial charge on any atom is -0.389 e. The number of aliphatic hydroxyl groups is 1. The Hall–Kier alpha value is -1.62. The highest BCUT2D eigenvalue weighted by Crippen LogP contribution is 2.29. The number of nitrogens with zero attached hydrogens (tertiary/aromatic N) is 1. The van der Waals surface area contributed by atoms with Crippen molar-refractivity contribution >= 4 is 11.6 Å². The molecule has 1 fully saturated rings. The van der Waals surface area contributed by atoms with Gasteiger partial charge in [-0.2, -0.15) is 0 Å². The number of hydrogen-bond acceptors (Lipinski definition) is 3. The third kappa shape index (κ3) is 2.31. The first-order chi connectivity index (χ1) is 8.50. The summed E-state index contributed by atoms with van der Waals surface area (Å²) in [6.45, 7) is 2.20. The molecular formula is C13H17FN2O2. The van der Waals surface area contributed by atoms with E-state index in [1.54, 1.807) is 24.0 Å². The summed E-state index contributed by atoms with van der Waals surface area (Å²) in [6, 6.07) is 4.13. The molecule has 1 heterocycles. The van der Waals surface area contributed by atoms with Crippen molar-refractivity contribution in [1.82, 2.24) is 0 Å². The monoisotopic (exact) mass is 252 g/mol. The summed E-state index contributed by atoms with van der Waals surface area (Å²) >= 11 is 0. The zero-order valence-electron chi connectivity index (χ0n) is 10.3. The number of benzene rings is 1. The molecule has 1 aliphatic heterocycles. The van der Waals surface area contributed by atoms with Gasteiger partial charge in [-0.15, -0.1) is 0 Å². The van der Waals surface area contributed by atoms with Gasteiger partial charge in [0.1, 0.15) is 11.9 Å². The Morgan fingerprint density at radius 2 is 2.33 bits per heavy atom. The summed E-state index contributed by atoms with van der Waals surface area (Å²) in [5.41, 5.74) is 6.21. The number of nitrogens with two attached hydrogens (primary N) is 1. The Bertz CT molecular complexity index is 462. The van der Waals surface area contributed by atoms with E-state index in [0.717, 1.165) is 6.42 Å². The second-order valence-corrected chi connectivity index (χ2v) is 4.64. The van der Waals surface area contributed by atoms with Gasteiger partial charge in [0.15, 0.2) is 0 Å². The van der Waals surface area contributed by atoms with Gasteiger partial charge in [0.2, 0.25) is 5.91 Å². The van der Waals surface area contributed by atoms with Crippen molar-refractivity contribution in [1.29, 1.82) is 0 Å². The number of carbonyl (C=O) groups excluding carboxylic acids is 1. The first-order valence-electron chi connectivity index (χ1n) is 6.04. The molecule has 0 saturated carbocycles. The molecule has 2 rings (SSSR count). The largest absolute Gasteiger partial charge is 0.389 e. The van der Waals surface area contributed by atoms with Crippen LogP contribution in [-0.4, -0.2) is 23.6 Å². The Balaban J connectivity index is 2.31. The average molecular weight is 252 g/mol. The van der Waals surface area contributed by atoms with Gasteiger partial charge in [-0.25, -0.2) is 4.39 Å². The summed E-state index contributed by atoms with van der Waals surface area (Å²) in [5, 5.41) is 9.39. The second-order valence-electron chi connectivity index (χ2n) is 4.64. The zero-order valence-corrected chi connectivity index (χ0v) is 10.3. The molecule has 2 atom stereocenters. The topological polar surface area (TPSA) is 66.6 Å². The van der Waals surface area contributed by atoms with Gasteiger partial charge in [-0.3, -0.25) is 4.79 Å². The van der Waals surface area contributed by atoms with Crippen LogP contribution in [0.15, 0.2) is 18.2 Å². The minimum absolute atomic E-state index is 0.376. The smallest absolute Gasteiger partial charge is 0.240 e. The molecule has 0 aliphatic carbocycles.